The van der Waals surface area contributed by atoms with Crippen molar-refractivity contribution in [1.82, 2.24) is 10.3 Å². The van der Waals surface area contributed by atoms with Gasteiger partial charge in [0.15, 0.2) is 10.2 Å². The highest BCUT2D eigenvalue weighted by Gasteiger charge is 2.06. The van der Waals surface area contributed by atoms with E-state index in [0.717, 1.165) is 15.3 Å². The first-order valence-electron chi connectivity index (χ1n) is 4.24. The smallest absolute Gasteiger partial charge is 0.190 e. The summed E-state index contributed by atoms with van der Waals surface area (Å²) in [5.74, 6) is 0. The molecule has 0 aliphatic heterocycles. The normalized spacial score (nSPS) is 10.3. The van der Waals surface area contributed by atoms with E-state index in [2.05, 4.69) is 15.6 Å². The number of thiocarbonyl (C=S) groups is 1. The molecule has 2 N–H and O–H groups in total. The van der Waals surface area contributed by atoms with E-state index in [0.29, 0.717) is 10.1 Å². The van der Waals surface area contributed by atoms with Crippen molar-refractivity contribution in [2.45, 2.75) is 0 Å². The van der Waals surface area contributed by atoms with E-state index in [1.165, 1.54) is 11.3 Å². The van der Waals surface area contributed by atoms with E-state index >= 15 is 0 Å². The lowest BCUT2D eigenvalue weighted by Crippen LogP contribution is -2.23. The van der Waals surface area contributed by atoms with Crippen LogP contribution in [0.4, 0.5) is 5.13 Å². The quantitative estimate of drug-likeness (QED) is 0.771. The summed E-state index contributed by atoms with van der Waals surface area (Å²) in [6.07, 6.45) is 0. The number of rotatable bonds is 1. The first kappa shape index (κ1) is 10.6. The second-order valence-electron chi connectivity index (χ2n) is 2.81. The lowest BCUT2D eigenvalue weighted by molar-refractivity contribution is 1.19. The van der Waals surface area contributed by atoms with Crippen LogP contribution in [-0.2, 0) is 0 Å². The third-order valence-electron chi connectivity index (χ3n) is 1.81. The van der Waals surface area contributed by atoms with Crippen LogP contribution < -0.4 is 10.6 Å². The zero-order valence-corrected chi connectivity index (χ0v) is 10.3. The molecule has 0 spiro atoms. The zero-order valence-electron chi connectivity index (χ0n) is 7.87. The minimum Gasteiger partial charge on any atom is -0.365 e. The first-order valence-corrected chi connectivity index (χ1v) is 5.85. The molecule has 3 nitrogen and oxygen atoms in total. The Morgan fingerprint density at radius 1 is 1.53 bits per heavy atom. The van der Waals surface area contributed by atoms with Gasteiger partial charge in [-0.3, -0.25) is 0 Å². The summed E-state index contributed by atoms with van der Waals surface area (Å²) in [5.41, 5.74) is 0.883. The Kier molecular flexibility index (Phi) is 3.04. The number of anilines is 1. The predicted molar refractivity (Wildman–Crippen MR) is 69.9 cm³/mol. The van der Waals surface area contributed by atoms with Crippen molar-refractivity contribution in [2.24, 2.45) is 0 Å². The maximum Gasteiger partial charge on any atom is 0.190 e. The maximum atomic E-state index is 6.03. The van der Waals surface area contributed by atoms with Gasteiger partial charge >= 0.3 is 0 Å². The van der Waals surface area contributed by atoms with Gasteiger partial charge in [-0.05, 0) is 24.4 Å². The van der Waals surface area contributed by atoms with Crippen LogP contribution in [0.3, 0.4) is 0 Å². The van der Waals surface area contributed by atoms with E-state index < -0.39 is 0 Å². The minimum absolute atomic E-state index is 0.546. The van der Waals surface area contributed by atoms with Crippen LogP contribution in [0.1, 0.15) is 0 Å². The Morgan fingerprint density at radius 2 is 2.33 bits per heavy atom. The van der Waals surface area contributed by atoms with E-state index in [9.17, 15) is 0 Å². The standard InChI is InChI=1S/C9H8ClN3S2/c1-11-8(14)13-9-12-6-4-2-3-5(10)7(6)15-9/h2-4H,1H3,(H2,11,12,13,14). The van der Waals surface area contributed by atoms with Crippen molar-refractivity contribution >= 4 is 55.6 Å². The molecule has 6 heteroatoms. The van der Waals surface area contributed by atoms with Gasteiger partial charge in [-0.2, -0.15) is 0 Å². The van der Waals surface area contributed by atoms with Gasteiger partial charge in [0, 0.05) is 7.05 Å². The third-order valence-corrected chi connectivity index (χ3v) is 3.57. The van der Waals surface area contributed by atoms with Crippen molar-refractivity contribution in [3.63, 3.8) is 0 Å². The molecule has 0 saturated heterocycles. The Labute approximate surface area is 101 Å². The number of aromatic nitrogens is 1. The van der Waals surface area contributed by atoms with Gasteiger partial charge in [0.25, 0.3) is 0 Å². The Bertz CT molecular complexity index is 509. The van der Waals surface area contributed by atoms with Crippen LogP contribution in [0, 0.1) is 0 Å². The molecule has 0 radical (unpaired) electrons. The number of hydrogen-bond donors (Lipinski definition) is 2. The molecule has 0 saturated carbocycles. The van der Waals surface area contributed by atoms with Crippen LogP contribution in [0.25, 0.3) is 10.2 Å². The highest BCUT2D eigenvalue weighted by molar-refractivity contribution is 7.80. The monoisotopic (exact) mass is 257 g/mol. The predicted octanol–water partition coefficient (Wildman–Crippen LogP) is 2.87. The second kappa shape index (κ2) is 4.30. The Morgan fingerprint density at radius 3 is 3.00 bits per heavy atom. The lowest BCUT2D eigenvalue weighted by atomic mass is 10.3. The fourth-order valence-corrected chi connectivity index (χ4v) is 2.45. The number of benzene rings is 1. The van der Waals surface area contributed by atoms with Crippen molar-refractivity contribution in [3.05, 3.63) is 23.2 Å². The summed E-state index contributed by atoms with van der Waals surface area (Å²) in [6.45, 7) is 0. The number of hydrogen-bond acceptors (Lipinski definition) is 3. The highest BCUT2D eigenvalue weighted by Crippen LogP contribution is 2.31. The van der Waals surface area contributed by atoms with Gasteiger partial charge in [-0.25, -0.2) is 4.98 Å². The fraction of sp³-hybridized carbons (Fsp3) is 0.111. The van der Waals surface area contributed by atoms with Gasteiger partial charge in [-0.15, -0.1) is 0 Å². The number of fused-ring (bicyclic) bond motifs is 1. The van der Waals surface area contributed by atoms with Gasteiger partial charge in [0.1, 0.15) is 0 Å². The molecule has 1 aromatic carbocycles. The molecule has 78 valence electrons. The third kappa shape index (κ3) is 2.19. The van der Waals surface area contributed by atoms with Crippen LogP contribution in [0.2, 0.25) is 5.02 Å². The summed E-state index contributed by atoms with van der Waals surface area (Å²) < 4.78 is 0.973. The summed E-state index contributed by atoms with van der Waals surface area (Å²) in [6, 6.07) is 5.65. The van der Waals surface area contributed by atoms with Gasteiger partial charge in [-0.1, -0.05) is 29.0 Å². The maximum absolute atomic E-state index is 6.03. The Hall–Kier alpha value is -0.910. The van der Waals surface area contributed by atoms with E-state index in [-0.39, 0.29) is 0 Å². The van der Waals surface area contributed by atoms with Crippen LogP contribution in [-0.4, -0.2) is 17.1 Å². The van der Waals surface area contributed by atoms with Crippen molar-refractivity contribution in [1.29, 1.82) is 0 Å². The molecule has 1 aromatic heterocycles. The molecule has 1 heterocycles. The average Bonchev–Trinajstić information content (AvgIpc) is 2.62. The topological polar surface area (TPSA) is 37.0 Å². The van der Waals surface area contributed by atoms with E-state index in [1.54, 1.807) is 7.05 Å². The molecule has 15 heavy (non-hydrogen) atoms. The summed E-state index contributed by atoms with van der Waals surface area (Å²) in [4.78, 5) is 4.36. The fourth-order valence-electron chi connectivity index (χ4n) is 1.13. The first-order chi connectivity index (χ1) is 7.20. The summed E-state index contributed by atoms with van der Waals surface area (Å²) in [5, 5.41) is 7.81. The largest absolute Gasteiger partial charge is 0.365 e. The molecule has 0 aliphatic rings. The molecule has 0 atom stereocenters. The molecular formula is C9H8ClN3S2. The molecule has 0 aliphatic carbocycles. The zero-order chi connectivity index (χ0) is 10.8. The summed E-state index contributed by atoms with van der Waals surface area (Å²) >= 11 is 12.5. The average molecular weight is 258 g/mol. The number of nitrogens with zero attached hydrogens (tertiary/aromatic N) is 1. The molecule has 0 amide bonds. The molecule has 2 aromatic rings. The van der Waals surface area contributed by atoms with Crippen LogP contribution in [0.15, 0.2) is 18.2 Å². The minimum atomic E-state index is 0.546. The molecule has 2 rings (SSSR count). The number of halogens is 1. The molecule has 0 unspecified atom stereocenters. The van der Waals surface area contributed by atoms with Crippen molar-refractivity contribution < 1.29 is 0 Å². The van der Waals surface area contributed by atoms with E-state index in [4.69, 9.17) is 23.8 Å². The van der Waals surface area contributed by atoms with Crippen molar-refractivity contribution in [3.8, 4) is 0 Å². The van der Waals surface area contributed by atoms with E-state index in [1.807, 2.05) is 18.2 Å². The van der Waals surface area contributed by atoms with Gasteiger partial charge in [0.2, 0.25) is 0 Å². The molecule has 0 bridgehead atoms. The molecule has 0 fully saturated rings. The number of nitrogens with one attached hydrogen (secondary N) is 2. The summed E-state index contributed by atoms with van der Waals surface area (Å²) in [7, 11) is 1.76. The Balaban J connectivity index is 2.39. The van der Waals surface area contributed by atoms with Crippen LogP contribution in [0.5, 0.6) is 0 Å². The number of thiazole rings is 1. The SMILES string of the molecule is CNC(=S)Nc1nc2cccc(Cl)c2s1. The molecular weight excluding hydrogens is 250 g/mol. The highest BCUT2D eigenvalue weighted by atomic mass is 35.5. The van der Waals surface area contributed by atoms with Crippen molar-refractivity contribution in [2.75, 3.05) is 12.4 Å². The van der Waals surface area contributed by atoms with Gasteiger partial charge in [0.05, 0.1) is 15.2 Å². The lowest BCUT2D eigenvalue weighted by Gasteiger charge is -2.00. The second-order valence-corrected chi connectivity index (χ2v) is 4.63. The van der Waals surface area contributed by atoms with Gasteiger partial charge < -0.3 is 10.6 Å². The van der Waals surface area contributed by atoms with Crippen LogP contribution >= 0.6 is 35.2 Å².